The van der Waals surface area contributed by atoms with Crippen LogP contribution < -0.4 is 14.8 Å². The minimum absolute atomic E-state index is 0.0146. The van der Waals surface area contributed by atoms with Crippen LogP contribution in [0.15, 0.2) is 101 Å². The molecule has 0 aliphatic heterocycles. The molecule has 9 heteroatoms. The van der Waals surface area contributed by atoms with Crippen LogP contribution in [-0.4, -0.2) is 26.8 Å². The summed E-state index contributed by atoms with van der Waals surface area (Å²) >= 11 is 3.32. The summed E-state index contributed by atoms with van der Waals surface area (Å²) in [5.41, 5.74) is 1.87. The maximum atomic E-state index is 12.6. The summed E-state index contributed by atoms with van der Waals surface area (Å²) in [6.07, 6.45) is 3.00. The summed E-state index contributed by atoms with van der Waals surface area (Å²) in [5, 5.41) is 5.25. The van der Waals surface area contributed by atoms with Gasteiger partial charge in [-0.2, -0.15) is 8.42 Å². The van der Waals surface area contributed by atoms with Gasteiger partial charge in [0.2, 0.25) is 0 Å². The van der Waals surface area contributed by atoms with Gasteiger partial charge in [0.1, 0.15) is 16.3 Å². The molecule has 0 saturated carbocycles. The molecule has 180 valence electrons. The summed E-state index contributed by atoms with van der Waals surface area (Å²) in [6.45, 7) is 5.64. The Morgan fingerprint density at radius 1 is 0.971 bits per heavy atom. The summed E-state index contributed by atoms with van der Waals surface area (Å²) in [7, 11) is -3.99. The van der Waals surface area contributed by atoms with Crippen LogP contribution in [0.3, 0.4) is 0 Å². The third kappa shape index (κ3) is 7.40. The van der Waals surface area contributed by atoms with Gasteiger partial charge in [-0.25, -0.2) is 0 Å². The van der Waals surface area contributed by atoms with Crippen LogP contribution in [0.25, 0.3) is 6.08 Å². The van der Waals surface area contributed by atoms with E-state index in [1.54, 1.807) is 48.5 Å². The van der Waals surface area contributed by atoms with Crippen molar-refractivity contribution >= 4 is 43.9 Å². The van der Waals surface area contributed by atoms with Gasteiger partial charge in [-0.05, 0) is 67.1 Å². The molecule has 35 heavy (non-hydrogen) atoms. The molecule has 0 heterocycles. The third-order valence-electron chi connectivity index (χ3n) is 4.71. The van der Waals surface area contributed by atoms with Crippen molar-refractivity contribution in [1.82, 2.24) is 10.6 Å². The van der Waals surface area contributed by atoms with Crippen molar-refractivity contribution < 1.29 is 22.2 Å². The molecule has 3 aromatic carbocycles. The largest absolute Gasteiger partial charge is 0.379 e. The van der Waals surface area contributed by atoms with Crippen LogP contribution in [0.5, 0.6) is 5.75 Å². The Bertz CT molecular complexity index is 1350. The molecule has 2 N–H and O–H groups in total. The number of amides is 2. The standard InChI is InChI=1S/C26H23BrN2O5S/c1-3-16-28-26(31)24(29-25(30)20-8-10-21(27)11-9-20)17-19-6-12-22(13-7-19)34-35(32,33)23-14-4-18(2)5-15-23/h3-15,17H,1,16H2,2H3,(H,28,31)(H,29,30)/b24-17-. The Hall–Kier alpha value is -3.69. The highest BCUT2D eigenvalue weighted by Crippen LogP contribution is 2.20. The van der Waals surface area contributed by atoms with E-state index < -0.39 is 21.9 Å². The van der Waals surface area contributed by atoms with Gasteiger partial charge in [0.25, 0.3) is 11.8 Å². The lowest BCUT2D eigenvalue weighted by Crippen LogP contribution is -2.34. The van der Waals surface area contributed by atoms with Crippen LogP contribution >= 0.6 is 15.9 Å². The number of nitrogens with one attached hydrogen (secondary N) is 2. The molecule has 0 aromatic heterocycles. The zero-order valence-electron chi connectivity index (χ0n) is 18.8. The molecule has 0 saturated heterocycles. The Labute approximate surface area is 212 Å². The van der Waals surface area contributed by atoms with Gasteiger partial charge in [-0.3, -0.25) is 9.59 Å². The fraction of sp³-hybridized carbons (Fsp3) is 0.0769. The quantitative estimate of drug-likeness (QED) is 0.228. The molecule has 0 unspecified atom stereocenters. The Balaban J connectivity index is 1.80. The minimum atomic E-state index is -3.99. The van der Waals surface area contributed by atoms with E-state index in [2.05, 4.69) is 33.1 Å². The molecule has 0 aliphatic carbocycles. The normalized spacial score (nSPS) is 11.4. The van der Waals surface area contributed by atoms with Crippen molar-refractivity contribution in [3.63, 3.8) is 0 Å². The predicted molar refractivity (Wildman–Crippen MR) is 138 cm³/mol. The average Bonchev–Trinajstić information content (AvgIpc) is 2.83. The number of carbonyl (C=O) groups is 2. The monoisotopic (exact) mass is 554 g/mol. The molecule has 3 aromatic rings. The van der Waals surface area contributed by atoms with Gasteiger partial charge in [0.15, 0.2) is 0 Å². The molecule has 0 fully saturated rings. The summed E-state index contributed by atoms with van der Waals surface area (Å²) in [5.74, 6) is -0.849. The van der Waals surface area contributed by atoms with Crippen molar-refractivity contribution in [3.8, 4) is 5.75 Å². The number of benzene rings is 3. The van der Waals surface area contributed by atoms with Gasteiger partial charge in [0.05, 0.1) is 0 Å². The van der Waals surface area contributed by atoms with E-state index in [0.29, 0.717) is 11.1 Å². The zero-order chi connectivity index (χ0) is 25.4. The van der Waals surface area contributed by atoms with Crippen LogP contribution in [0.4, 0.5) is 0 Å². The highest BCUT2D eigenvalue weighted by atomic mass is 79.9. The molecule has 0 spiro atoms. The molecular weight excluding hydrogens is 532 g/mol. The number of hydrogen-bond acceptors (Lipinski definition) is 5. The van der Waals surface area contributed by atoms with Crippen molar-refractivity contribution in [3.05, 3.63) is 112 Å². The van der Waals surface area contributed by atoms with Gasteiger partial charge in [-0.1, -0.05) is 51.8 Å². The summed E-state index contributed by atoms with van der Waals surface area (Å²) < 4.78 is 31.0. The van der Waals surface area contributed by atoms with Crippen molar-refractivity contribution in [2.45, 2.75) is 11.8 Å². The highest BCUT2D eigenvalue weighted by Gasteiger charge is 2.17. The van der Waals surface area contributed by atoms with Gasteiger partial charge >= 0.3 is 10.1 Å². The van der Waals surface area contributed by atoms with Crippen LogP contribution in [0.2, 0.25) is 0 Å². The van der Waals surface area contributed by atoms with Crippen LogP contribution in [-0.2, 0) is 14.9 Å². The molecular formula is C26H23BrN2O5S. The first-order valence-corrected chi connectivity index (χ1v) is 12.7. The van der Waals surface area contributed by atoms with E-state index >= 15 is 0 Å². The number of halogens is 1. The SMILES string of the molecule is C=CCNC(=O)/C(=C/c1ccc(OS(=O)(=O)c2ccc(C)cc2)cc1)NC(=O)c1ccc(Br)cc1. The van der Waals surface area contributed by atoms with Gasteiger partial charge in [0, 0.05) is 16.6 Å². The van der Waals surface area contributed by atoms with E-state index in [0.717, 1.165) is 10.0 Å². The second kappa shape index (κ2) is 11.6. The minimum Gasteiger partial charge on any atom is -0.379 e. The number of hydrogen-bond donors (Lipinski definition) is 2. The smallest absolute Gasteiger partial charge is 0.339 e. The summed E-state index contributed by atoms with van der Waals surface area (Å²) in [4.78, 5) is 25.3. The lowest BCUT2D eigenvalue weighted by molar-refractivity contribution is -0.117. The van der Waals surface area contributed by atoms with E-state index in [9.17, 15) is 18.0 Å². The number of aryl methyl sites for hydroxylation is 1. The molecule has 0 radical (unpaired) electrons. The first kappa shape index (κ1) is 25.9. The number of carbonyl (C=O) groups excluding carboxylic acids is 2. The topological polar surface area (TPSA) is 102 Å². The van der Waals surface area contributed by atoms with Gasteiger partial charge < -0.3 is 14.8 Å². The molecule has 0 aliphatic rings. The fourth-order valence-corrected chi connectivity index (χ4v) is 4.07. The Morgan fingerprint density at radius 2 is 1.60 bits per heavy atom. The van der Waals surface area contributed by atoms with E-state index in [4.69, 9.17) is 4.18 Å². The van der Waals surface area contributed by atoms with Crippen LogP contribution in [0, 0.1) is 6.92 Å². The van der Waals surface area contributed by atoms with Crippen molar-refractivity contribution in [2.24, 2.45) is 0 Å². The molecule has 2 amide bonds. The van der Waals surface area contributed by atoms with E-state index in [1.165, 1.54) is 36.4 Å². The molecule has 0 atom stereocenters. The third-order valence-corrected chi connectivity index (χ3v) is 6.50. The predicted octanol–water partition coefficient (Wildman–Crippen LogP) is 4.60. The molecule has 0 bridgehead atoms. The maximum Gasteiger partial charge on any atom is 0.339 e. The average molecular weight is 555 g/mol. The second-order valence-corrected chi connectivity index (χ2v) is 9.90. The first-order chi connectivity index (χ1) is 16.7. The van der Waals surface area contributed by atoms with Crippen LogP contribution in [0.1, 0.15) is 21.5 Å². The number of rotatable bonds is 9. The second-order valence-electron chi connectivity index (χ2n) is 7.44. The highest BCUT2D eigenvalue weighted by molar-refractivity contribution is 9.10. The first-order valence-electron chi connectivity index (χ1n) is 10.5. The Morgan fingerprint density at radius 3 is 2.20 bits per heavy atom. The maximum absolute atomic E-state index is 12.6. The summed E-state index contributed by atoms with van der Waals surface area (Å²) in [6, 6.07) is 19.1. The lowest BCUT2D eigenvalue weighted by atomic mass is 10.1. The van der Waals surface area contributed by atoms with E-state index in [-0.39, 0.29) is 22.9 Å². The van der Waals surface area contributed by atoms with Crippen molar-refractivity contribution in [1.29, 1.82) is 0 Å². The lowest BCUT2D eigenvalue weighted by Gasteiger charge is -2.11. The fourth-order valence-electron chi connectivity index (χ4n) is 2.88. The zero-order valence-corrected chi connectivity index (χ0v) is 21.2. The van der Waals surface area contributed by atoms with Gasteiger partial charge in [-0.15, -0.1) is 6.58 Å². The van der Waals surface area contributed by atoms with E-state index in [1.807, 2.05) is 6.92 Å². The molecule has 3 rings (SSSR count). The Kier molecular flexibility index (Phi) is 8.62. The molecule has 7 nitrogen and oxygen atoms in total. The van der Waals surface area contributed by atoms with Crippen molar-refractivity contribution in [2.75, 3.05) is 6.54 Å².